The molecule has 0 aliphatic heterocycles. The molecular formula is C13H21NO2. The van der Waals surface area contributed by atoms with Gasteiger partial charge in [0.1, 0.15) is 5.75 Å². The van der Waals surface area contributed by atoms with Crippen LogP contribution in [0, 0.1) is 6.92 Å². The Morgan fingerprint density at radius 3 is 2.69 bits per heavy atom. The maximum absolute atomic E-state index is 6.11. The minimum atomic E-state index is 0.0393. The van der Waals surface area contributed by atoms with Gasteiger partial charge in [0.15, 0.2) is 0 Å². The standard InChI is InChI=1S/C13H21NO2/c1-4-16-8-7-13(14)12-6-5-11(15-3)9-10(12)2/h5-6,9,13H,4,7-8,14H2,1-3H3. The van der Waals surface area contributed by atoms with Crippen LogP contribution in [0.15, 0.2) is 18.2 Å². The highest BCUT2D eigenvalue weighted by Gasteiger charge is 2.09. The molecule has 1 aromatic carbocycles. The summed E-state index contributed by atoms with van der Waals surface area (Å²) in [6, 6.07) is 6.03. The Bertz CT molecular complexity index is 326. The zero-order chi connectivity index (χ0) is 12.0. The predicted molar refractivity (Wildman–Crippen MR) is 65.8 cm³/mol. The molecule has 1 aromatic rings. The summed E-state index contributed by atoms with van der Waals surface area (Å²) in [5.74, 6) is 0.873. The fraction of sp³-hybridized carbons (Fsp3) is 0.538. The molecule has 0 radical (unpaired) electrons. The number of rotatable bonds is 6. The van der Waals surface area contributed by atoms with Crippen LogP contribution in [0.1, 0.15) is 30.5 Å². The molecule has 3 heteroatoms. The molecule has 2 N–H and O–H groups in total. The Kier molecular flexibility index (Phi) is 5.29. The van der Waals surface area contributed by atoms with Crippen molar-refractivity contribution in [3.8, 4) is 5.75 Å². The Balaban J connectivity index is 2.64. The van der Waals surface area contributed by atoms with Crippen LogP contribution < -0.4 is 10.5 Å². The number of hydrogen-bond donors (Lipinski definition) is 1. The van der Waals surface area contributed by atoms with E-state index < -0.39 is 0 Å². The molecule has 1 atom stereocenters. The lowest BCUT2D eigenvalue weighted by Crippen LogP contribution is -2.14. The van der Waals surface area contributed by atoms with Gasteiger partial charge in [0.2, 0.25) is 0 Å². The Labute approximate surface area is 97.6 Å². The molecule has 0 saturated carbocycles. The first-order valence-corrected chi connectivity index (χ1v) is 5.67. The van der Waals surface area contributed by atoms with Crippen LogP contribution in [0.4, 0.5) is 0 Å². The van der Waals surface area contributed by atoms with Crippen LogP contribution >= 0.6 is 0 Å². The number of aryl methyl sites for hydroxylation is 1. The zero-order valence-corrected chi connectivity index (χ0v) is 10.3. The number of ether oxygens (including phenoxy) is 2. The smallest absolute Gasteiger partial charge is 0.119 e. The molecular weight excluding hydrogens is 202 g/mol. The highest BCUT2D eigenvalue weighted by atomic mass is 16.5. The van der Waals surface area contributed by atoms with Gasteiger partial charge in [0, 0.05) is 19.3 Å². The summed E-state index contributed by atoms with van der Waals surface area (Å²) >= 11 is 0. The van der Waals surface area contributed by atoms with Gasteiger partial charge in [-0.25, -0.2) is 0 Å². The largest absolute Gasteiger partial charge is 0.497 e. The van der Waals surface area contributed by atoms with Gasteiger partial charge >= 0.3 is 0 Å². The first kappa shape index (κ1) is 13.0. The van der Waals surface area contributed by atoms with Gasteiger partial charge in [-0.05, 0) is 43.5 Å². The molecule has 0 aliphatic rings. The van der Waals surface area contributed by atoms with E-state index in [0.29, 0.717) is 6.61 Å². The summed E-state index contributed by atoms with van der Waals surface area (Å²) in [7, 11) is 1.67. The Morgan fingerprint density at radius 1 is 1.38 bits per heavy atom. The van der Waals surface area contributed by atoms with E-state index in [9.17, 15) is 0 Å². The maximum atomic E-state index is 6.11. The SMILES string of the molecule is CCOCCC(N)c1ccc(OC)cc1C. The third-order valence-corrected chi connectivity index (χ3v) is 2.65. The Hall–Kier alpha value is -1.06. The highest BCUT2D eigenvalue weighted by Crippen LogP contribution is 2.22. The second-order valence-corrected chi connectivity index (χ2v) is 3.81. The van der Waals surface area contributed by atoms with E-state index in [2.05, 4.69) is 6.92 Å². The van der Waals surface area contributed by atoms with Crippen molar-refractivity contribution in [2.75, 3.05) is 20.3 Å². The molecule has 90 valence electrons. The zero-order valence-electron chi connectivity index (χ0n) is 10.3. The number of benzene rings is 1. The van der Waals surface area contributed by atoms with E-state index in [1.165, 1.54) is 11.1 Å². The monoisotopic (exact) mass is 223 g/mol. The van der Waals surface area contributed by atoms with Gasteiger partial charge in [0.05, 0.1) is 7.11 Å². The van der Waals surface area contributed by atoms with Crippen molar-refractivity contribution in [3.63, 3.8) is 0 Å². The molecule has 1 unspecified atom stereocenters. The van der Waals surface area contributed by atoms with Gasteiger partial charge in [0.25, 0.3) is 0 Å². The van der Waals surface area contributed by atoms with Crippen molar-refractivity contribution in [1.29, 1.82) is 0 Å². The van der Waals surface area contributed by atoms with E-state index in [-0.39, 0.29) is 6.04 Å². The fourth-order valence-corrected chi connectivity index (χ4v) is 1.70. The molecule has 0 aromatic heterocycles. The van der Waals surface area contributed by atoms with Crippen LogP contribution in [0.3, 0.4) is 0 Å². The van der Waals surface area contributed by atoms with E-state index in [4.69, 9.17) is 15.2 Å². The molecule has 0 heterocycles. The number of nitrogens with two attached hydrogens (primary N) is 1. The number of methoxy groups -OCH3 is 1. The molecule has 0 amide bonds. The third-order valence-electron chi connectivity index (χ3n) is 2.65. The summed E-state index contributed by atoms with van der Waals surface area (Å²) in [6.45, 7) is 5.50. The average molecular weight is 223 g/mol. The molecule has 16 heavy (non-hydrogen) atoms. The summed E-state index contributed by atoms with van der Waals surface area (Å²) in [5.41, 5.74) is 8.44. The van der Waals surface area contributed by atoms with Crippen molar-refractivity contribution < 1.29 is 9.47 Å². The highest BCUT2D eigenvalue weighted by molar-refractivity contribution is 5.36. The predicted octanol–water partition coefficient (Wildman–Crippen LogP) is 2.43. The maximum Gasteiger partial charge on any atom is 0.119 e. The molecule has 0 spiro atoms. The van der Waals surface area contributed by atoms with Crippen molar-refractivity contribution in [2.45, 2.75) is 26.3 Å². The van der Waals surface area contributed by atoms with E-state index in [0.717, 1.165) is 18.8 Å². The summed E-state index contributed by atoms with van der Waals surface area (Å²) < 4.78 is 10.5. The van der Waals surface area contributed by atoms with Crippen molar-refractivity contribution in [2.24, 2.45) is 5.73 Å². The third kappa shape index (κ3) is 3.51. The topological polar surface area (TPSA) is 44.5 Å². The first-order valence-electron chi connectivity index (χ1n) is 5.67. The first-order chi connectivity index (χ1) is 7.69. The minimum absolute atomic E-state index is 0.0393. The van der Waals surface area contributed by atoms with E-state index >= 15 is 0 Å². The van der Waals surface area contributed by atoms with Gasteiger partial charge in [-0.1, -0.05) is 6.07 Å². The minimum Gasteiger partial charge on any atom is -0.497 e. The second kappa shape index (κ2) is 6.51. The molecule has 1 rings (SSSR count). The molecule has 0 fully saturated rings. The lowest BCUT2D eigenvalue weighted by molar-refractivity contribution is 0.140. The van der Waals surface area contributed by atoms with Crippen LogP contribution in [0.2, 0.25) is 0 Å². The van der Waals surface area contributed by atoms with Gasteiger partial charge < -0.3 is 15.2 Å². The van der Waals surface area contributed by atoms with Crippen LogP contribution in [-0.2, 0) is 4.74 Å². The van der Waals surface area contributed by atoms with Crippen molar-refractivity contribution >= 4 is 0 Å². The summed E-state index contributed by atoms with van der Waals surface area (Å²) in [5, 5.41) is 0. The van der Waals surface area contributed by atoms with Gasteiger partial charge in [-0.3, -0.25) is 0 Å². The summed E-state index contributed by atoms with van der Waals surface area (Å²) in [6.07, 6.45) is 0.848. The van der Waals surface area contributed by atoms with Crippen molar-refractivity contribution in [1.82, 2.24) is 0 Å². The normalized spacial score (nSPS) is 12.5. The lowest BCUT2D eigenvalue weighted by Gasteiger charge is -2.15. The lowest BCUT2D eigenvalue weighted by atomic mass is 9.99. The van der Waals surface area contributed by atoms with Gasteiger partial charge in [-0.2, -0.15) is 0 Å². The van der Waals surface area contributed by atoms with Gasteiger partial charge in [-0.15, -0.1) is 0 Å². The quantitative estimate of drug-likeness (QED) is 0.753. The van der Waals surface area contributed by atoms with Crippen LogP contribution in [0.5, 0.6) is 5.75 Å². The average Bonchev–Trinajstić information content (AvgIpc) is 2.29. The van der Waals surface area contributed by atoms with E-state index in [1.807, 2.05) is 25.1 Å². The number of hydrogen-bond acceptors (Lipinski definition) is 3. The van der Waals surface area contributed by atoms with Crippen LogP contribution in [-0.4, -0.2) is 20.3 Å². The molecule has 0 aliphatic carbocycles. The Morgan fingerprint density at radius 2 is 2.12 bits per heavy atom. The van der Waals surface area contributed by atoms with E-state index in [1.54, 1.807) is 7.11 Å². The second-order valence-electron chi connectivity index (χ2n) is 3.81. The fourth-order valence-electron chi connectivity index (χ4n) is 1.70. The van der Waals surface area contributed by atoms with Crippen LogP contribution in [0.25, 0.3) is 0 Å². The summed E-state index contributed by atoms with van der Waals surface area (Å²) in [4.78, 5) is 0. The van der Waals surface area contributed by atoms with Crippen molar-refractivity contribution in [3.05, 3.63) is 29.3 Å². The molecule has 0 bridgehead atoms. The molecule has 3 nitrogen and oxygen atoms in total. The molecule has 0 saturated heterocycles.